The van der Waals surface area contributed by atoms with E-state index in [4.69, 9.17) is 4.42 Å². The Kier molecular flexibility index (Phi) is 6.18. The molecule has 0 N–H and O–H groups in total. The fourth-order valence-electron chi connectivity index (χ4n) is 4.36. The van der Waals surface area contributed by atoms with Crippen LogP contribution >= 0.6 is 0 Å². The van der Waals surface area contributed by atoms with Gasteiger partial charge in [0, 0.05) is 45.7 Å². The highest BCUT2D eigenvalue weighted by molar-refractivity contribution is 7.89. The first-order valence-corrected chi connectivity index (χ1v) is 12.9. The predicted octanol–water partition coefficient (Wildman–Crippen LogP) is 0.881. The summed E-state index contributed by atoms with van der Waals surface area (Å²) in [5.41, 5.74) is 3.14. The van der Waals surface area contributed by atoms with E-state index in [1.807, 2.05) is 24.3 Å². The number of carbonyl (C=O) groups excluding carboxylic acids is 1. The number of amides is 1. The lowest BCUT2D eigenvalue weighted by Crippen LogP contribution is -2.50. The van der Waals surface area contributed by atoms with Gasteiger partial charge in [0.1, 0.15) is 6.33 Å². The van der Waals surface area contributed by atoms with Crippen LogP contribution in [0.25, 0.3) is 16.8 Å². The van der Waals surface area contributed by atoms with Crippen molar-refractivity contribution in [3.63, 3.8) is 0 Å². The van der Waals surface area contributed by atoms with Gasteiger partial charge in [-0.1, -0.05) is 12.1 Å². The number of fused-ring (bicyclic) bond motifs is 1. The summed E-state index contributed by atoms with van der Waals surface area (Å²) in [5, 5.41) is 11.1. The number of aryl methyl sites for hydroxylation is 3. The summed E-state index contributed by atoms with van der Waals surface area (Å²) in [6.07, 6.45) is 2.42. The molecule has 3 heterocycles. The van der Waals surface area contributed by atoms with E-state index in [9.17, 15) is 18.0 Å². The normalized spacial score (nSPS) is 15.0. The van der Waals surface area contributed by atoms with Crippen molar-refractivity contribution in [2.45, 2.75) is 24.7 Å². The van der Waals surface area contributed by atoms with E-state index >= 15 is 0 Å². The van der Waals surface area contributed by atoms with Gasteiger partial charge >= 0.3 is 5.76 Å². The van der Waals surface area contributed by atoms with Crippen LogP contribution in [-0.2, 0) is 28.3 Å². The number of sulfonamides is 1. The third-order valence-corrected chi connectivity index (χ3v) is 8.52. The molecule has 1 amide bonds. The molecular weight excluding hydrogens is 486 g/mol. The Morgan fingerprint density at radius 2 is 1.81 bits per heavy atom. The molecule has 13 heteroatoms. The summed E-state index contributed by atoms with van der Waals surface area (Å²) in [6.45, 7) is 2.73. The lowest BCUT2D eigenvalue weighted by molar-refractivity contribution is -0.132. The van der Waals surface area contributed by atoms with E-state index < -0.39 is 15.8 Å². The molecule has 1 fully saturated rings. The highest BCUT2D eigenvalue weighted by Crippen LogP contribution is 2.26. The molecule has 0 spiro atoms. The summed E-state index contributed by atoms with van der Waals surface area (Å²) in [7, 11) is -2.23. The van der Waals surface area contributed by atoms with Crippen LogP contribution in [0.5, 0.6) is 0 Å². The van der Waals surface area contributed by atoms with Gasteiger partial charge in [-0.2, -0.15) is 4.31 Å². The molecule has 0 saturated carbocycles. The van der Waals surface area contributed by atoms with Crippen molar-refractivity contribution in [2.75, 3.05) is 26.2 Å². The average molecular weight is 512 g/mol. The average Bonchev–Trinajstić information content (AvgIpc) is 3.51. The van der Waals surface area contributed by atoms with Gasteiger partial charge in [-0.15, -0.1) is 5.10 Å². The second kappa shape index (κ2) is 9.32. The summed E-state index contributed by atoms with van der Waals surface area (Å²) in [6, 6.07) is 10.7. The van der Waals surface area contributed by atoms with Crippen molar-refractivity contribution in [1.29, 1.82) is 0 Å². The van der Waals surface area contributed by atoms with Gasteiger partial charge < -0.3 is 9.32 Å². The molecule has 0 unspecified atom stereocenters. The topological polar surface area (TPSA) is 136 Å². The molecule has 2 aromatic heterocycles. The number of piperazine rings is 1. The van der Waals surface area contributed by atoms with Gasteiger partial charge in [-0.3, -0.25) is 9.36 Å². The van der Waals surface area contributed by atoms with E-state index in [0.29, 0.717) is 37.0 Å². The van der Waals surface area contributed by atoms with Crippen molar-refractivity contribution in [2.24, 2.45) is 7.05 Å². The Bertz CT molecular complexity index is 1570. The van der Waals surface area contributed by atoms with Crippen LogP contribution in [0.1, 0.15) is 17.5 Å². The number of rotatable bonds is 6. The largest absolute Gasteiger partial charge is 0.419 e. The first-order valence-electron chi connectivity index (χ1n) is 11.4. The number of nitrogens with zero attached hydrogens (tertiary/aromatic N) is 7. The van der Waals surface area contributed by atoms with Gasteiger partial charge in [0.25, 0.3) is 0 Å². The Morgan fingerprint density at radius 1 is 1.08 bits per heavy atom. The number of aromatic nitrogens is 5. The number of oxazole rings is 1. The van der Waals surface area contributed by atoms with Crippen LogP contribution in [0.3, 0.4) is 0 Å². The van der Waals surface area contributed by atoms with Gasteiger partial charge in [-0.25, -0.2) is 17.9 Å². The molecular formula is C23H25N7O5S. The predicted molar refractivity (Wildman–Crippen MR) is 129 cm³/mol. The third kappa shape index (κ3) is 4.42. The standard InChI is InChI=1S/C23H25N7O5S/c1-16-13-19-20(35-23(32)27(19)2)14-21(16)36(33,34)29-11-9-28(10-12-29)22(31)8-5-17-3-6-18(7-4-17)30-15-24-25-26-30/h3-4,6-7,13-15H,5,8-12H2,1-2H3. The van der Waals surface area contributed by atoms with Gasteiger partial charge in [0.15, 0.2) is 5.58 Å². The van der Waals surface area contributed by atoms with Crippen LogP contribution in [0.15, 0.2) is 56.8 Å². The molecule has 36 heavy (non-hydrogen) atoms. The van der Waals surface area contributed by atoms with Crippen molar-refractivity contribution in [1.82, 2.24) is 34.0 Å². The molecule has 0 radical (unpaired) electrons. The number of tetrazole rings is 1. The monoisotopic (exact) mass is 511 g/mol. The number of benzene rings is 2. The molecule has 1 saturated heterocycles. The van der Waals surface area contributed by atoms with Crippen molar-refractivity contribution in [3.05, 3.63) is 64.4 Å². The molecule has 5 rings (SSSR count). The molecule has 1 aliphatic rings. The quantitative estimate of drug-likeness (QED) is 0.372. The number of hydrogen-bond acceptors (Lipinski definition) is 8. The van der Waals surface area contributed by atoms with Crippen LogP contribution in [0, 0.1) is 6.92 Å². The first kappa shape index (κ1) is 23.9. The summed E-state index contributed by atoms with van der Waals surface area (Å²) < 4.78 is 36.1. The van der Waals surface area contributed by atoms with Gasteiger partial charge in [0.2, 0.25) is 15.9 Å². The van der Waals surface area contributed by atoms with E-state index in [-0.39, 0.29) is 29.5 Å². The second-order valence-electron chi connectivity index (χ2n) is 8.72. The van der Waals surface area contributed by atoms with Crippen LogP contribution in [-0.4, -0.2) is 74.5 Å². The zero-order chi connectivity index (χ0) is 25.4. The zero-order valence-corrected chi connectivity index (χ0v) is 20.7. The molecule has 0 bridgehead atoms. The highest BCUT2D eigenvalue weighted by atomic mass is 32.2. The maximum Gasteiger partial charge on any atom is 0.419 e. The fourth-order valence-corrected chi connectivity index (χ4v) is 6.00. The minimum absolute atomic E-state index is 0.0136. The minimum Gasteiger partial charge on any atom is -0.408 e. The van der Waals surface area contributed by atoms with E-state index in [0.717, 1.165) is 11.3 Å². The highest BCUT2D eigenvalue weighted by Gasteiger charge is 2.31. The summed E-state index contributed by atoms with van der Waals surface area (Å²) >= 11 is 0. The maximum atomic E-state index is 13.3. The molecule has 0 atom stereocenters. The van der Waals surface area contributed by atoms with Crippen molar-refractivity contribution in [3.8, 4) is 5.69 Å². The molecule has 4 aromatic rings. The van der Waals surface area contributed by atoms with Crippen molar-refractivity contribution < 1.29 is 17.6 Å². The van der Waals surface area contributed by atoms with Gasteiger partial charge in [-0.05, 0) is 53.1 Å². The van der Waals surface area contributed by atoms with Crippen LogP contribution in [0.4, 0.5) is 0 Å². The van der Waals surface area contributed by atoms with E-state index in [2.05, 4.69) is 15.5 Å². The zero-order valence-electron chi connectivity index (χ0n) is 19.9. The lowest BCUT2D eigenvalue weighted by atomic mass is 10.1. The van der Waals surface area contributed by atoms with E-state index in [1.54, 1.807) is 29.6 Å². The second-order valence-corrected chi connectivity index (χ2v) is 10.6. The number of carbonyl (C=O) groups is 1. The Balaban J connectivity index is 1.20. The third-order valence-electron chi connectivity index (χ3n) is 6.48. The Labute approximate surface area is 206 Å². The molecule has 2 aromatic carbocycles. The molecule has 1 aliphatic heterocycles. The Morgan fingerprint density at radius 3 is 2.47 bits per heavy atom. The first-order chi connectivity index (χ1) is 17.2. The van der Waals surface area contributed by atoms with E-state index in [1.165, 1.54) is 21.3 Å². The van der Waals surface area contributed by atoms with Crippen LogP contribution in [0.2, 0.25) is 0 Å². The molecule has 12 nitrogen and oxygen atoms in total. The summed E-state index contributed by atoms with van der Waals surface area (Å²) in [5.74, 6) is -0.560. The molecule has 0 aliphatic carbocycles. The van der Waals surface area contributed by atoms with Gasteiger partial charge in [0.05, 0.1) is 16.1 Å². The maximum absolute atomic E-state index is 13.3. The summed E-state index contributed by atoms with van der Waals surface area (Å²) in [4.78, 5) is 26.4. The number of hydrogen-bond donors (Lipinski definition) is 0. The molecule has 188 valence electrons. The fraction of sp³-hybridized carbons (Fsp3) is 0.348. The smallest absolute Gasteiger partial charge is 0.408 e. The minimum atomic E-state index is -3.81. The van der Waals surface area contributed by atoms with Crippen LogP contribution < -0.4 is 5.76 Å². The van der Waals surface area contributed by atoms with Crippen molar-refractivity contribution >= 4 is 27.0 Å². The SMILES string of the molecule is Cc1cc2c(cc1S(=O)(=O)N1CCN(C(=O)CCc3ccc(-n4cnnn4)cc3)CC1)oc(=O)n2C. The Hall–Kier alpha value is -3.84. The lowest BCUT2D eigenvalue weighted by Gasteiger charge is -2.34.